The normalized spacial score (nSPS) is 20.4. The van der Waals surface area contributed by atoms with Crippen molar-refractivity contribution < 1.29 is 19.8 Å². The van der Waals surface area contributed by atoms with Crippen LogP contribution in [0.4, 0.5) is 0 Å². The molecule has 0 spiro atoms. The highest BCUT2D eigenvalue weighted by Gasteiger charge is 2.49. The summed E-state index contributed by atoms with van der Waals surface area (Å²) in [4.78, 5) is 31.9. The lowest BCUT2D eigenvalue weighted by atomic mass is 9.66. The molecule has 7 nitrogen and oxygen atoms in total. The molecule has 3 rings (SSSR count). The zero-order chi connectivity index (χ0) is 24.6. The van der Waals surface area contributed by atoms with Crippen LogP contribution in [0.2, 0.25) is 0 Å². The number of amides is 2. The Morgan fingerprint density at radius 1 is 1.18 bits per heavy atom. The first-order valence-corrected chi connectivity index (χ1v) is 11.3. The molecule has 2 amide bonds. The van der Waals surface area contributed by atoms with E-state index in [0.29, 0.717) is 25.1 Å². The largest absolute Gasteiger partial charge is 0.508 e. The third-order valence-electron chi connectivity index (χ3n) is 6.68. The van der Waals surface area contributed by atoms with Crippen molar-refractivity contribution in [3.63, 3.8) is 0 Å². The number of rotatable bonds is 5. The minimum Gasteiger partial charge on any atom is -0.508 e. The van der Waals surface area contributed by atoms with Gasteiger partial charge in [-0.05, 0) is 63.4 Å². The fraction of sp³-hybridized carbons (Fsp3) is 0.500. The highest BCUT2D eigenvalue weighted by molar-refractivity contribution is 5.96. The second kappa shape index (κ2) is 8.78. The van der Waals surface area contributed by atoms with Crippen LogP contribution in [-0.2, 0) is 10.4 Å². The monoisotopic (exact) mass is 453 g/mol. The van der Waals surface area contributed by atoms with E-state index < -0.39 is 16.6 Å². The maximum atomic E-state index is 13.2. The first-order valence-electron chi connectivity index (χ1n) is 11.3. The number of aromatic nitrogens is 1. The Balaban J connectivity index is 1.68. The number of piperidine rings is 1. The summed E-state index contributed by atoms with van der Waals surface area (Å²) in [7, 11) is 0. The molecule has 33 heavy (non-hydrogen) atoms. The van der Waals surface area contributed by atoms with Gasteiger partial charge >= 0.3 is 0 Å². The topological polar surface area (TPSA) is 103 Å². The van der Waals surface area contributed by atoms with E-state index in [1.807, 2.05) is 47.6 Å². The van der Waals surface area contributed by atoms with Gasteiger partial charge in [0.15, 0.2) is 0 Å². The van der Waals surface area contributed by atoms with E-state index in [2.05, 4.69) is 10.3 Å². The van der Waals surface area contributed by atoms with Gasteiger partial charge in [-0.2, -0.15) is 0 Å². The van der Waals surface area contributed by atoms with Crippen LogP contribution in [0.1, 0.15) is 67.7 Å². The minimum absolute atomic E-state index is 0.0696. The van der Waals surface area contributed by atoms with Crippen LogP contribution < -0.4 is 5.32 Å². The first-order chi connectivity index (χ1) is 15.2. The Hall–Kier alpha value is -2.93. The van der Waals surface area contributed by atoms with Crippen LogP contribution in [0, 0.1) is 19.3 Å². The quantitative estimate of drug-likeness (QED) is 0.644. The molecule has 7 heteroatoms. The molecular formula is C26H35N3O4. The fourth-order valence-electron chi connectivity index (χ4n) is 4.65. The highest BCUT2D eigenvalue weighted by atomic mass is 16.3. The second-order valence-electron chi connectivity index (χ2n) is 10.5. The van der Waals surface area contributed by atoms with Gasteiger partial charge in [-0.25, -0.2) is 0 Å². The van der Waals surface area contributed by atoms with Crippen LogP contribution in [-0.4, -0.2) is 50.5 Å². The summed E-state index contributed by atoms with van der Waals surface area (Å²) in [6, 6.07) is 8.46. The van der Waals surface area contributed by atoms with Gasteiger partial charge in [-0.1, -0.05) is 26.0 Å². The van der Waals surface area contributed by atoms with E-state index in [1.165, 1.54) is 0 Å². The Bertz CT molecular complexity index is 1050. The van der Waals surface area contributed by atoms with E-state index in [9.17, 15) is 19.8 Å². The SMILES string of the molecule is Cc1cc(C)c(C(=O)NC(C)(C)CC(=O)N2CC[C@](O)(c3ccc(O)cc3)C(C)(C)C2)cn1. The summed E-state index contributed by atoms with van der Waals surface area (Å²) in [5.74, 6) is -0.174. The summed E-state index contributed by atoms with van der Waals surface area (Å²) in [5, 5.41) is 24.1. The van der Waals surface area contributed by atoms with Crippen molar-refractivity contribution in [1.29, 1.82) is 0 Å². The molecule has 1 aromatic carbocycles. The molecule has 1 aromatic heterocycles. The predicted octanol–water partition coefficient (Wildman–Crippen LogP) is 3.45. The molecule has 1 aliphatic rings. The van der Waals surface area contributed by atoms with Crippen molar-refractivity contribution in [1.82, 2.24) is 15.2 Å². The van der Waals surface area contributed by atoms with E-state index in [-0.39, 0.29) is 24.0 Å². The standard InChI is InChI=1S/C26H35N3O4/c1-17-13-18(2)27-15-21(17)23(32)28-25(5,6)14-22(31)29-12-11-26(33,24(3,4)16-29)19-7-9-20(30)10-8-19/h7-10,13,15,30,33H,11-12,14,16H2,1-6H3,(H,28,32)/t26-/m0/s1. The van der Waals surface area contributed by atoms with Crippen LogP contribution in [0.25, 0.3) is 0 Å². The number of aromatic hydroxyl groups is 1. The van der Waals surface area contributed by atoms with Crippen LogP contribution in [0.5, 0.6) is 5.75 Å². The maximum absolute atomic E-state index is 13.2. The number of carbonyl (C=O) groups is 2. The molecule has 1 fully saturated rings. The molecule has 0 unspecified atom stereocenters. The average Bonchev–Trinajstić information content (AvgIpc) is 2.69. The summed E-state index contributed by atoms with van der Waals surface area (Å²) in [6.07, 6.45) is 2.09. The molecule has 3 N–H and O–H groups in total. The van der Waals surface area contributed by atoms with Crippen LogP contribution in [0.15, 0.2) is 36.5 Å². The van der Waals surface area contributed by atoms with Gasteiger partial charge in [0.05, 0.1) is 11.2 Å². The lowest BCUT2D eigenvalue weighted by Crippen LogP contribution is -2.58. The number of aliphatic hydroxyl groups is 1. The lowest BCUT2D eigenvalue weighted by Gasteiger charge is -2.51. The number of phenols is 1. The number of pyridine rings is 1. The summed E-state index contributed by atoms with van der Waals surface area (Å²) in [5.41, 5.74) is 0.450. The molecule has 0 bridgehead atoms. The molecule has 178 valence electrons. The molecule has 2 aromatic rings. The van der Waals surface area contributed by atoms with E-state index >= 15 is 0 Å². The van der Waals surface area contributed by atoms with Crippen molar-refractivity contribution >= 4 is 11.8 Å². The number of phenolic OH excluding ortho intramolecular Hbond substituents is 1. The Kier molecular flexibility index (Phi) is 6.58. The summed E-state index contributed by atoms with van der Waals surface area (Å²) >= 11 is 0. The second-order valence-corrected chi connectivity index (χ2v) is 10.5. The molecular weight excluding hydrogens is 418 g/mol. The highest BCUT2D eigenvalue weighted by Crippen LogP contribution is 2.46. The summed E-state index contributed by atoms with van der Waals surface area (Å²) < 4.78 is 0. The van der Waals surface area contributed by atoms with Gasteiger partial charge in [-0.15, -0.1) is 0 Å². The molecule has 1 aliphatic heterocycles. The zero-order valence-corrected chi connectivity index (χ0v) is 20.4. The number of carbonyl (C=O) groups excluding carboxylic acids is 2. The van der Waals surface area contributed by atoms with Crippen molar-refractivity contribution in [2.75, 3.05) is 13.1 Å². The summed E-state index contributed by atoms with van der Waals surface area (Å²) in [6.45, 7) is 12.1. The third-order valence-corrected chi connectivity index (χ3v) is 6.68. The Labute approximate surface area is 195 Å². The number of nitrogens with zero attached hydrogens (tertiary/aromatic N) is 2. The van der Waals surface area contributed by atoms with Gasteiger partial charge in [-0.3, -0.25) is 14.6 Å². The third kappa shape index (κ3) is 5.19. The van der Waals surface area contributed by atoms with Crippen LogP contribution in [0.3, 0.4) is 0 Å². The van der Waals surface area contributed by atoms with Gasteiger partial charge in [0.25, 0.3) is 5.91 Å². The number of likely N-dealkylation sites (tertiary alicyclic amines) is 1. The van der Waals surface area contributed by atoms with Crippen molar-refractivity contribution in [2.24, 2.45) is 5.41 Å². The number of hydrogen-bond acceptors (Lipinski definition) is 5. The zero-order valence-electron chi connectivity index (χ0n) is 20.4. The van der Waals surface area contributed by atoms with E-state index in [4.69, 9.17) is 0 Å². The predicted molar refractivity (Wildman–Crippen MR) is 127 cm³/mol. The number of benzene rings is 1. The number of aryl methyl sites for hydroxylation is 2. The molecule has 0 radical (unpaired) electrons. The lowest BCUT2D eigenvalue weighted by molar-refractivity contribution is -0.154. The van der Waals surface area contributed by atoms with Gasteiger partial charge in [0, 0.05) is 42.4 Å². The van der Waals surface area contributed by atoms with Crippen LogP contribution >= 0.6 is 0 Å². The number of nitrogens with one attached hydrogen (secondary N) is 1. The van der Waals surface area contributed by atoms with Crippen molar-refractivity contribution in [2.45, 2.75) is 65.5 Å². The minimum atomic E-state index is -1.11. The first kappa shape index (κ1) is 24.7. The Morgan fingerprint density at radius 2 is 1.82 bits per heavy atom. The average molecular weight is 454 g/mol. The molecule has 1 saturated heterocycles. The van der Waals surface area contributed by atoms with E-state index in [1.54, 1.807) is 35.4 Å². The molecule has 0 aliphatic carbocycles. The Morgan fingerprint density at radius 3 is 2.39 bits per heavy atom. The van der Waals surface area contributed by atoms with E-state index in [0.717, 1.165) is 16.8 Å². The van der Waals surface area contributed by atoms with Gasteiger partial charge in [0.1, 0.15) is 5.75 Å². The molecule has 0 saturated carbocycles. The number of hydrogen-bond donors (Lipinski definition) is 3. The molecule has 2 heterocycles. The van der Waals surface area contributed by atoms with Crippen molar-refractivity contribution in [3.8, 4) is 5.75 Å². The van der Waals surface area contributed by atoms with Gasteiger partial charge < -0.3 is 20.4 Å². The smallest absolute Gasteiger partial charge is 0.253 e. The fourth-order valence-corrected chi connectivity index (χ4v) is 4.65. The van der Waals surface area contributed by atoms with Gasteiger partial charge in [0.2, 0.25) is 5.91 Å². The maximum Gasteiger partial charge on any atom is 0.253 e. The molecule has 1 atom stereocenters. The van der Waals surface area contributed by atoms with Crippen molar-refractivity contribution in [3.05, 3.63) is 58.9 Å².